The summed E-state index contributed by atoms with van der Waals surface area (Å²) in [7, 11) is 0. The highest BCUT2D eigenvalue weighted by atomic mass is 35.5. The molecule has 0 aliphatic heterocycles. The molecule has 0 bridgehead atoms. The average molecular weight is 439 g/mol. The molecule has 31 heavy (non-hydrogen) atoms. The minimum atomic E-state index is 0.406. The number of aryl methyl sites for hydroxylation is 1. The van der Waals surface area contributed by atoms with Gasteiger partial charge < -0.3 is 4.90 Å². The van der Waals surface area contributed by atoms with Crippen LogP contribution in [0.1, 0.15) is 75.0 Å². The standard InChI is InChI=1S/C26H36ClN.C2H3N/c1-2-19-28(21-18-22-7-4-3-5-8-22)20-6-9-23-10-12-24(13-11-23)25-14-16-26(27)17-15-25;1-2-3/h3-5,7-8,10-13,25-26H,2,6,9,14-21H2,1H3;1H3. The highest BCUT2D eigenvalue weighted by Crippen LogP contribution is 2.34. The molecule has 0 heterocycles. The van der Waals surface area contributed by atoms with Crippen LogP contribution in [-0.4, -0.2) is 29.9 Å². The van der Waals surface area contributed by atoms with Crippen molar-refractivity contribution < 1.29 is 0 Å². The molecule has 1 saturated carbocycles. The Morgan fingerprint density at radius 1 is 0.871 bits per heavy atom. The third-order valence-electron chi connectivity index (χ3n) is 6.15. The third-order valence-corrected chi connectivity index (χ3v) is 6.58. The largest absolute Gasteiger partial charge is 0.303 e. The summed E-state index contributed by atoms with van der Waals surface area (Å²) in [6.07, 6.45) is 9.65. The molecule has 3 rings (SSSR count). The monoisotopic (exact) mass is 438 g/mol. The number of halogens is 1. The highest BCUT2D eigenvalue weighted by molar-refractivity contribution is 6.20. The van der Waals surface area contributed by atoms with Gasteiger partial charge in [-0.05, 0) is 87.1 Å². The third kappa shape index (κ3) is 9.90. The Morgan fingerprint density at radius 3 is 2.10 bits per heavy atom. The van der Waals surface area contributed by atoms with Crippen LogP contribution in [-0.2, 0) is 12.8 Å². The average Bonchev–Trinajstić information content (AvgIpc) is 2.80. The lowest BCUT2D eigenvalue weighted by atomic mass is 9.83. The molecule has 0 atom stereocenters. The molecular weight excluding hydrogens is 400 g/mol. The van der Waals surface area contributed by atoms with Gasteiger partial charge in [-0.25, -0.2) is 0 Å². The van der Waals surface area contributed by atoms with Crippen LogP contribution in [0.25, 0.3) is 0 Å². The molecule has 168 valence electrons. The lowest BCUT2D eigenvalue weighted by Crippen LogP contribution is -2.28. The molecule has 1 fully saturated rings. The van der Waals surface area contributed by atoms with Crippen molar-refractivity contribution in [2.75, 3.05) is 19.6 Å². The first-order valence-electron chi connectivity index (χ1n) is 12.0. The van der Waals surface area contributed by atoms with E-state index in [1.165, 1.54) is 88.2 Å². The van der Waals surface area contributed by atoms with E-state index in [2.05, 4.69) is 66.4 Å². The van der Waals surface area contributed by atoms with Gasteiger partial charge in [-0.15, -0.1) is 11.6 Å². The van der Waals surface area contributed by atoms with E-state index >= 15 is 0 Å². The van der Waals surface area contributed by atoms with Gasteiger partial charge in [0, 0.05) is 18.8 Å². The van der Waals surface area contributed by atoms with Gasteiger partial charge >= 0.3 is 0 Å². The van der Waals surface area contributed by atoms with Crippen LogP contribution in [0.2, 0.25) is 0 Å². The Balaban J connectivity index is 0.00000107. The number of hydrogen-bond acceptors (Lipinski definition) is 2. The number of nitrogens with zero attached hydrogens (tertiary/aromatic N) is 2. The summed E-state index contributed by atoms with van der Waals surface area (Å²) in [5.41, 5.74) is 4.44. The van der Waals surface area contributed by atoms with Gasteiger partial charge in [-0.2, -0.15) is 5.26 Å². The maximum absolute atomic E-state index is 7.32. The zero-order chi connectivity index (χ0) is 22.3. The Hall–Kier alpha value is -1.82. The highest BCUT2D eigenvalue weighted by Gasteiger charge is 2.20. The fourth-order valence-corrected chi connectivity index (χ4v) is 4.68. The minimum Gasteiger partial charge on any atom is -0.303 e. The zero-order valence-electron chi connectivity index (χ0n) is 19.4. The second-order valence-electron chi connectivity index (χ2n) is 8.59. The Kier molecular flexibility index (Phi) is 12.4. The lowest BCUT2D eigenvalue weighted by Gasteiger charge is -2.25. The molecule has 2 aromatic rings. The molecule has 0 saturated heterocycles. The molecular formula is C28H39ClN2. The van der Waals surface area contributed by atoms with Crippen molar-refractivity contribution in [3.05, 3.63) is 71.3 Å². The molecule has 2 nitrogen and oxygen atoms in total. The first-order valence-corrected chi connectivity index (χ1v) is 12.4. The predicted octanol–water partition coefficient (Wildman–Crippen LogP) is 7.37. The maximum Gasteiger partial charge on any atom is 0.0587 e. The number of rotatable bonds is 10. The van der Waals surface area contributed by atoms with Crippen molar-refractivity contribution in [1.82, 2.24) is 4.90 Å². The summed E-state index contributed by atoms with van der Waals surface area (Å²) in [6.45, 7) is 7.28. The summed E-state index contributed by atoms with van der Waals surface area (Å²) >= 11 is 6.25. The van der Waals surface area contributed by atoms with E-state index in [4.69, 9.17) is 16.9 Å². The topological polar surface area (TPSA) is 27.0 Å². The van der Waals surface area contributed by atoms with Gasteiger partial charge in [0.05, 0.1) is 6.07 Å². The molecule has 1 aliphatic carbocycles. The molecule has 2 aromatic carbocycles. The van der Waals surface area contributed by atoms with Crippen molar-refractivity contribution in [3.63, 3.8) is 0 Å². The first-order chi connectivity index (χ1) is 15.2. The fraction of sp³-hybridized carbons (Fsp3) is 0.536. The van der Waals surface area contributed by atoms with Crippen LogP contribution in [0.4, 0.5) is 0 Å². The summed E-state index contributed by atoms with van der Waals surface area (Å²) in [6, 6.07) is 22.1. The van der Waals surface area contributed by atoms with Crippen LogP contribution in [0.3, 0.4) is 0 Å². The second-order valence-corrected chi connectivity index (χ2v) is 9.21. The van der Waals surface area contributed by atoms with Gasteiger partial charge in [-0.1, -0.05) is 61.5 Å². The van der Waals surface area contributed by atoms with E-state index in [9.17, 15) is 0 Å². The summed E-state index contributed by atoms with van der Waals surface area (Å²) in [5.74, 6) is 0.724. The Labute approximate surface area is 195 Å². The normalized spacial score (nSPS) is 18.2. The lowest BCUT2D eigenvalue weighted by molar-refractivity contribution is 0.274. The number of benzene rings is 2. The fourth-order valence-electron chi connectivity index (χ4n) is 4.43. The molecule has 0 unspecified atom stereocenters. The number of nitriles is 1. The predicted molar refractivity (Wildman–Crippen MR) is 134 cm³/mol. The van der Waals surface area contributed by atoms with Crippen LogP contribution in [0, 0.1) is 11.3 Å². The van der Waals surface area contributed by atoms with Crippen LogP contribution in [0.5, 0.6) is 0 Å². The quantitative estimate of drug-likeness (QED) is 0.362. The van der Waals surface area contributed by atoms with Crippen LogP contribution < -0.4 is 0 Å². The second kappa shape index (κ2) is 15.1. The van der Waals surface area contributed by atoms with E-state index < -0.39 is 0 Å². The van der Waals surface area contributed by atoms with E-state index in [1.807, 2.05) is 0 Å². The Bertz CT molecular complexity index is 743. The van der Waals surface area contributed by atoms with Gasteiger partial charge in [0.25, 0.3) is 0 Å². The summed E-state index contributed by atoms with van der Waals surface area (Å²) in [4.78, 5) is 2.63. The van der Waals surface area contributed by atoms with Gasteiger partial charge in [0.15, 0.2) is 0 Å². The van der Waals surface area contributed by atoms with Crippen molar-refractivity contribution in [3.8, 4) is 6.07 Å². The summed E-state index contributed by atoms with van der Waals surface area (Å²) < 4.78 is 0. The molecule has 0 amide bonds. The molecule has 0 radical (unpaired) electrons. The van der Waals surface area contributed by atoms with Crippen molar-refractivity contribution >= 4 is 11.6 Å². The summed E-state index contributed by atoms with van der Waals surface area (Å²) in [5, 5.41) is 7.73. The van der Waals surface area contributed by atoms with Gasteiger partial charge in [0.1, 0.15) is 0 Å². The van der Waals surface area contributed by atoms with Gasteiger partial charge in [-0.3, -0.25) is 0 Å². The van der Waals surface area contributed by atoms with Crippen molar-refractivity contribution in [2.24, 2.45) is 0 Å². The number of alkyl halides is 1. The van der Waals surface area contributed by atoms with E-state index in [0.29, 0.717) is 5.38 Å². The molecule has 0 aromatic heterocycles. The molecule has 0 N–H and O–H groups in total. The van der Waals surface area contributed by atoms with E-state index in [1.54, 1.807) is 6.07 Å². The first kappa shape index (κ1) is 25.4. The maximum atomic E-state index is 7.32. The Morgan fingerprint density at radius 2 is 1.48 bits per heavy atom. The van der Waals surface area contributed by atoms with Crippen LogP contribution >= 0.6 is 11.6 Å². The van der Waals surface area contributed by atoms with E-state index in [-0.39, 0.29) is 0 Å². The van der Waals surface area contributed by atoms with E-state index in [0.717, 1.165) is 12.3 Å². The molecule has 1 aliphatic rings. The van der Waals surface area contributed by atoms with Crippen LogP contribution in [0.15, 0.2) is 54.6 Å². The van der Waals surface area contributed by atoms with Crippen molar-refractivity contribution in [1.29, 1.82) is 5.26 Å². The zero-order valence-corrected chi connectivity index (χ0v) is 20.2. The molecule has 0 spiro atoms. The van der Waals surface area contributed by atoms with Gasteiger partial charge in [0.2, 0.25) is 0 Å². The smallest absolute Gasteiger partial charge is 0.0587 e. The SMILES string of the molecule is CC#N.CCCN(CCCc1ccc(C2CCC(Cl)CC2)cc1)CCc1ccccc1. The number of hydrogen-bond donors (Lipinski definition) is 0. The minimum absolute atomic E-state index is 0.406. The van der Waals surface area contributed by atoms with Crippen molar-refractivity contribution in [2.45, 2.75) is 76.5 Å². The molecule has 3 heteroatoms.